The zero-order valence-electron chi connectivity index (χ0n) is 14.9. The fourth-order valence-electron chi connectivity index (χ4n) is 2.89. The highest BCUT2D eigenvalue weighted by atomic mass is 16.2. The zero-order chi connectivity index (χ0) is 17.6. The summed E-state index contributed by atoms with van der Waals surface area (Å²) in [5.74, 6) is 0.758. The second-order valence-electron chi connectivity index (χ2n) is 6.50. The molecule has 6 heteroatoms. The Morgan fingerprint density at radius 3 is 2.68 bits per heavy atom. The Balaban J connectivity index is 1.55. The second kappa shape index (κ2) is 7.96. The molecule has 0 bridgehead atoms. The molecule has 2 aromatic rings. The van der Waals surface area contributed by atoms with Gasteiger partial charge in [0.25, 0.3) is 0 Å². The summed E-state index contributed by atoms with van der Waals surface area (Å²) in [6, 6.07) is 7.47. The summed E-state index contributed by atoms with van der Waals surface area (Å²) in [6.07, 6.45) is 5.40. The first kappa shape index (κ1) is 17.2. The number of carbonyl (C=O) groups excluding carboxylic acids is 1. The lowest BCUT2D eigenvalue weighted by Crippen LogP contribution is -2.32. The van der Waals surface area contributed by atoms with Crippen molar-refractivity contribution in [1.29, 1.82) is 0 Å². The first-order valence-electron chi connectivity index (χ1n) is 8.81. The lowest BCUT2D eigenvalue weighted by Gasteiger charge is -2.26. The number of anilines is 2. The van der Waals surface area contributed by atoms with Crippen LogP contribution in [0.25, 0.3) is 0 Å². The van der Waals surface area contributed by atoms with Gasteiger partial charge in [-0.1, -0.05) is 6.07 Å². The van der Waals surface area contributed by atoms with Gasteiger partial charge in [0, 0.05) is 25.0 Å². The Bertz CT molecular complexity index is 740. The second-order valence-corrected chi connectivity index (χ2v) is 6.50. The van der Waals surface area contributed by atoms with Crippen molar-refractivity contribution < 1.29 is 4.79 Å². The van der Waals surface area contributed by atoms with Gasteiger partial charge in [-0.15, -0.1) is 0 Å². The normalized spacial score (nSPS) is 14.2. The number of carbonyl (C=O) groups is 1. The average Bonchev–Trinajstić information content (AvgIpc) is 2.64. The van der Waals surface area contributed by atoms with E-state index in [1.165, 1.54) is 24.8 Å². The first-order valence-corrected chi connectivity index (χ1v) is 8.81. The number of urea groups is 1. The van der Waals surface area contributed by atoms with Crippen molar-refractivity contribution in [2.24, 2.45) is 0 Å². The summed E-state index contributed by atoms with van der Waals surface area (Å²) < 4.78 is 0. The van der Waals surface area contributed by atoms with Crippen LogP contribution in [0, 0.1) is 13.8 Å². The summed E-state index contributed by atoms with van der Waals surface area (Å²) in [4.78, 5) is 23.2. The summed E-state index contributed by atoms with van der Waals surface area (Å²) >= 11 is 0. The maximum Gasteiger partial charge on any atom is 0.319 e. The highest BCUT2D eigenvalue weighted by Gasteiger charge is 2.13. The van der Waals surface area contributed by atoms with E-state index in [0.717, 1.165) is 36.0 Å². The number of rotatable bonds is 4. The van der Waals surface area contributed by atoms with Crippen LogP contribution in [-0.4, -0.2) is 29.1 Å². The molecule has 25 heavy (non-hydrogen) atoms. The number of nitrogens with one attached hydrogen (secondary N) is 2. The SMILES string of the molecule is Cc1ccc(NC(=O)NCc2ccnc(N3CCCCC3)n2)cc1C. The zero-order valence-corrected chi connectivity index (χ0v) is 14.9. The Kier molecular flexibility index (Phi) is 5.48. The molecule has 132 valence electrons. The summed E-state index contributed by atoms with van der Waals surface area (Å²) in [6.45, 7) is 6.46. The minimum absolute atomic E-state index is 0.235. The summed E-state index contributed by atoms with van der Waals surface area (Å²) in [7, 11) is 0. The van der Waals surface area contributed by atoms with E-state index in [2.05, 4.69) is 25.5 Å². The number of piperidine rings is 1. The van der Waals surface area contributed by atoms with E-state index in [4.69, 9.17) is 0 Å². The van der Waals surface area contributed by atoms with Crippen LogP contribution in [0.2, 0.25) is 0 Å². The topological polar surface area (TPSA) is 70.2 Å². The van der Waals surface area contributed by atoms with Crippen LogP contribution in [0.15, 0.2) is 30.5 Å². The van der Waals surface area contributed by atoms with E-state index in [1.54, 1.807) is 6.20 Å². The smallest absolute Gasteiger partial charge is 0.319 e. The van der Waals surface area contributed by atoms with Gasteiger partial charge >= 0.3 is 6.03 Å². The Morgan fingerprint density at radius 2 is 1.92 bits per heavy atom. The predicted octanol–water partition coefficient (Wildman–Crippen LogP) is 3.41. The Hall–Kier alpha value is -2.63. The van der Waals surface area contributed by atoms with E-state index in [-0.39, 0.29) is 6.03 Å². The molecule has 1 saturated heterocycles. The minimum atomic E-state index is -0.235. The molecule has 2 amide bonds. The van der Waals surface area contributed by atoms with Gasteiger partial charge in [0.05, 0.1) is 12.2 Å². The molecule has 0 spiro atoms. The van der Waals surface area contributed by atoms with Crippen LogP contribution in [0.4, 0.5) is 16.4 Å². The van der Waals surface area contributed by atoms with Gasteiger partial charge in [0.1, 0.15) is 0 Å². The summed E-state index contributed by atoms with van der Waals surface area (Å²) in [5, 5.41) is 5.71. The molecule has 3 rings (SSSR count). The quantitative estimate of drug-likeness (QED) is 0.895. The Labute approximate surface area is 148 Å². The molecule has 0 aliphatic carbocycles. The molecular formula is C19H25N5O. The fraction of sp³-hybridized carbons (Fsp3) is 0.421. The molecule has 0 saturated carbocycles. The van der Waals surface area contributed by atoms with Gasteiger partial charge in [0.2, 0.25) is 5.95 Å². The van der Waals surface area contributed by atoms with Gasteiger partial charge in [-0.05, 0) is 62.4 Å². The predicted molar refractivity (Wildman–Crippen MR) is 99.9 cm³/mol. The van der Waals surface area contributed by atoms with Gasteiger partial charge < -0.3 is 15.5 Å². The van der Waals surface area contributed by atoms with E-state index < -0.39 is 0 Å². The number of nitrogens with zero attached hydrogens (tertiary/aromatic N) is 3. The number of aryl methyl sites for hydroxylation is 2. The van der Waals surface area contributed by atoms with Crippen molar-refractivity contribution in [3.05, 3.63) is 47.3 Å². The first-order chi connectivity index (χ1) is 12.1. The molecule has 2 heterocycles. The molecule has 0 unspecified atom stereocenters. The van der Waals surface area contributed by atoms with E-state index >= 15 is 0 Å². The maximum absolute atomic E-state index is 12.1. The molecule has 6 nitrogen and oxygen atoms in total. The maximum atomic E-state index is 12.1. The third kappa shape index (κ3) is 4.68. The average molecular weight is 339 g/mol. The van der Waals surface area contributed by atoms with Gasteiger partial charge in [-0.3, -0.25) is 0 Å². The third-order valence-electron chi connectivity index (χ3n) is 4.53. The van der Waals surface area contributed by atoms with Crippen LogP contribution < -0.4 is 15.5 Å². The van der Waals surface area contributed by atoms with E-state index in [1.807, 2.05) is 38.1 Å². The molecule has 2 N–H and O–H groups in total. The van der Waals surface area contributed by atoms with E-state index in [0.29, 0.717) is 6.54 Å². The molecule has 1 fully saturated rings. The largest absolute Gasteiger partial charge is 0.341 e. The molecule has 0 atom stereocenters. The lowest BCUT2D eigenvalue weighted by atomic mass is 10.1. The highest BCUT2D eigenvalue weighted by Crippen LogP contribution is 2.16. The van der Waals surface area contributed by atoms with E-state index in [9.17, 15) is 4.79 Å². The van der Waals surface area contributed by atoms with Gasteiger partial charge in [-0.2, -0.15) is 0 Å². The Morgan fingerprint density at radius 1 is 1.12 bits per heavy atom. The molecule has 0 radical (unpaired) electrons. The van der Waals surface area contributed by atoms with Crippen molar-refractivity contribution in [2.75, 3.05) is 23.3 Å². The van der Waals surface area contributed by atoms with Gasteiger partial charge in [-0.25, -0.2) is 14.8 Å². The highest BCUT2D eigenvalue weighted by molar-refractivity contribution is 5.89. The van der Waals surface area contributed by atoms with Crippen LogP contribution in [0.1, 0.15) is 36.1 Å². The number of hydrogen-bond acceptors (Lipinski definition) is 4. The van der Waals surface area contributed by atoms with Crippen molar-refractivity contribution in [3.8, 4) is 0 Å². The fourth-order valence-corrected chi connectivity index (χ4v) is 2.89. The molecule has 1 aromatic carbocycles. The minimum Gasteiger partial charge on any atom is -0.341 e. The van der Waals surface area contributed by atoms with Crippen LogP contribution in [-0.2, 0) is 6.54 Å². The van der Waals surface area contributed by atoms with Crippen LogP contribution in [0.5, 0.6) is 0 Å². The van der Waals surface area contributed by atoms with Crippen molar-refractivity contribution in [3.63, 3.8) is 0 Å². The van der Waals surface area contributed by atoms with Crippen LogP contribution >= 0.6 is 0 Å². The molecule has 1 aliphatic heterocycles. The molecule has 1 aromatic heterocycles. The lowest BCUT2D eigenvalue weighted by molar-refractivity contribution is 0.251. The third-order valence-corrected chi connectivity index (χ3v) is 4.53. The number of aromatic nitrogens is 2. The monoisotopic (exact) mass is 339 g/mol. The van der Waals surface area contributed by atoms with Crippen LogP contribution in [0.3, 0.4) is 0 Å². The van der Waals surface area contributed by atoms with Crippen molar-refractivity contribution >= 4 is 17.7 Å². The standard InChI is InChI=1S/C19H25N5O/c1-14-6-7-16(12-15(14)2)23-19(25)21-13-17-8-9-20-18(22-17)24-10-4-3-5-11-24/h6-9,12H,3-5,10-11,13H2,1-2H3,(H2,21,23,25). The number of amides is 2. The number of benzene rings is 1. The molecule has 1 aliphatic rings. The van der Waals surface area contributed by atoms with Gasteiger partial charge in [0.15, 0.2) is 0 Å². The number of hydrogen-bond donors (Lipinski definition) is 2. The summed E-state index contributed by atoms with van der Waals surface area (Å²) in [5.41, 5.74) is 3.96. The van der Waals surface area contributed by atoms with Crippen molar-refractivity contribution in [1.82, 2.24) is 15.3 Å². The molecular weight excluding hydrogens is 314 g/mol. The van der Waals surface area contributed by atoms with Crippen molar-refractivity contribution in [2.45, 2.75) is 39.7 Å².